The molecule has 0 saturated heterocycles. The number of carbonyl (C=O) groups is 1. The summed E-state index contributed by atoms with van der Waals surface area (Å²) in [4.78, 5) is 11.7. The Kier molecular flexibility index (Phi) is 3.18. The van der Waals surface area contributed by atoms with Crippen molar-refractivity contribution < 1.29 is 10.0 Å². The van der Waals surface area contributed by atoms with Gasteiger partial charge in [-0.05, 0) is 11.6 Å². The van der Waals surface area contributed by atoms with Crippen LogP contribution < -0.4 is 5.48 Å². The average molecular weight is 267 g/mol. The van der Waals surface area contributed by atoms with Crippen LogP contribution in [0, 0.1) is 0 Å². The lowest BCUT2D eigenvalue weighted by atomic mass is 10.2. The molecule has 100 valence electrons. The van der Waals surface area contributed by atoms with Crippen LogP contribution in [-0.4, -0.2) is 20.9 Å². The lowest BCUT2D eigenvalue weighted by molar-refractivity contribution is 0.0701. The first kappa shape index (κ1) is 12.4. The van der Waals surface area contributed by atoms with E-state index in [1.165, 1.54) is 0 Å². The van der Waals surface area contributed by atoms with Crippen LogP contribution in [0.4, 0.5) is 0 Å². The van der Waals surface area contributed by atoms with Gasteiger partial charge in [0.05, 0.1) is 12.1 Å². The summed E-state index contributed by atoms with van der Waals surface area (Å²) >= 11 is 0. The third-order valence-electron chi connectivity index (χ3n) is 3.15. The normalized spacial score (nSPS) is 10.7. The molecule has 0 saturated carbocycles. The van der Waals surface area contributed by atoms with Gasteiger partial charge < -0.3 is 0 Å². The fraction of sp³-hybridized carbons (Fsp3) is 0.0667. The van der Waals surface area contributed by atoms with Crippen LogP contribution in [-0.2, 0) is 6.54 Å². The number of para-hydroxylation sites is 1. The number of fused-ring (bicyclic) bond motifs is 1. The Balaban J connectivity index is 2.09. The van der Waals surface area contributed by atoms with Crippen molar-refractivity contribution in [3.05, 3.63) is 65.9 Å². The van der Waals surface area contributed by atoms with Gasteiger partial charge in [0.25, 0.3) is 5.91 Å². The SMILES string of the molecule is O=C(NO)c1nn(Cc2ccccc2)c2ccccc12. The van der Waals surface area contributed by atoms with Crippen LogP contribution in [0.15, 0.2) is 54.6 Å². The summed E-state index contributed by atoms with van der Waals surface area (Å²) in [7, 11) is 0. The quantitative estimate of drug-likeness (QED) is 0.564. The molecular formula is C15H13N3O2. The molecule has 1 amide bonds. The molecule has 3 rings (SSSR count). The maximum Gasteiger partial charge on any atom is 0.295 e. The molecule has 0 atom stereocenters. The van der Waals surface area contributed by atoms with Crippen LogP contribution >= 0.6 is 0 Å². The maximum atomic E-state index is 11.7. The van der Waals surface area contributed by atoms with Crippen molar-refractivity contribution in [2.24, 2.45) is 0 Å². The molecule has 1 heterocycles. The minimum absolute atomic E-state index is 0.221. The van der Waals surface area contributed by atoms with Gasteiger partial charge in [-0.2, -0.15) is 5.10 Å². The second-order valence-corrected chi connectivity index (χ2v) is 4.45. The smallest absolute Gasteiger partial charge is 0.288 e. The van der Waals surface area contributed by atoms with Gasteiger partial charge in [-0.25, -0.2) is 5.48 Å². The van der Waals surface area contributed by atoms with Crippen LogP contribution in [0.3, 0.4) is 0 Å². The van der Waals surface area contributed by atoms with E-state index in [0.717, 1.165) is 16.5 Å². The van der Waals surface area contributed by atoms with E-state index in [0.29, 0.717) is 6.54 Å². The highest BCUT2D eigenvalue weighted by Gasteiger charge is 2.16. The lowest BCUT2D eigenvalue weighted by Gasteiger charge is -2.03. The molecule has 0 fully saturated rings. The van der Waals surface area contributed by atoms with Gasteiger partial charge in [0.1, 0.15) is 0 Å². The minimum Gasteiger partial charge on any atom is -0.288 e. The number of nitrogens with one attached hydrogen (secondary N) is 1. The largest absolute Gasteiger partial charge is 0.295 e. The van der Waals surface area contributed by atoms with Crippen molar-refractivity contribution in [2.45, 2.75) is 6.54 Å². The summed E-state index contributed by atoms with van der Waals surface area (Å²) in [6, 6.07) is 17.3. The molecule has 2 aromatic carbocycles. The molecule has 5 heteroatoms. The second-order valence-electron chi connectivity index (χ2n) is 4.45. The van der Waals surface area contributed by atoms with E-state index in [1.807, 2.05) is 54.6 Å². The highest BCUT2D eigenvalue weighted by molar-refractivity contribution is 6.04. The number of rotatable bonds is 3. The maximum absolute atomic E-state index is 11.7. The molecule has 3 aromatic rings. The number of hydrogen-bond donors (Lipinski definition) is 2. The van der Waals surface area contributed by atoms with Crippen molar-refractivity contribution in [1.82, 2.24) is 15.3 Å². The van der Waals surface area contributed by atoms with Crippen molar-refractivity contribution in [3.63, 3.8) is 0 Å². The van der Waals surface area contributed by atoms with Crippen LogP contribution in [0.2, 0.25) is 0 Å². The number of hydroxylamine groups is 1. The van der Waals surface area contributed by atoms with Gasteiger partial charge >= 0.3 is 0 Å². The zero-order chi connectivity index (χ0) is 13.9. The van der Waals surface area contributed by atoms with Gasteiger partial charge in [-0.3, -0.25) is 14.7 Å². The number of benzene rings is 2. The van der Waals surface area contributed by atoms with Crippen LogP contribution in [0.25, 0.3) is 10.9 Å². The Hall–Kier alpha value is -2.66. The summed E-state index contributed by atoms with van der Waals surface area (Å²) in [5, 5.41) is 13.8. The van der Waals surface area contributed by atoms with E-state index in [9.17, 15) is 4.79 Å². The van der Waals surface area contributed by atoms with E-state index in [4.69, 9.17) is 5.21 Å². The van der Waals surface area contributed by atoms with Crippen LogP contribution in [0.5, 0.6) is 0 Å². The monoisotopic (exact) mass is 267 g/mol. The molecule has 0 radical (unpaired) electrons. The van der Waals surface area contributed by atoms with Crippen molar-refractivity contribution >= 4 is 16.8 Å². The number of aromatic nitrogens is 2. The molecule has 0 aliphatic rings. The van der Waals surface area contributed by atoms with Gasteiger partial charge in [0, 0.05) is 5.39 Å². The fourth-order valence-corrected chi connectivity index (χ4v) is 2.22. The summed E-state index contributed by atoms with van der Waals surface area (Å²) in [5.41, 5.74) is 3.81. The van der Waals surface area contributed by atoms with Crippen molar-refractivity contribution in [1.29, 1.82) is 0 Å². The Bertz CT molecular complexity index is 750. The highest BCUT2D eigenvalue weighted by Crippen LogP contribution is 2.19. The summed E-state index contributed by atoms with van der Waals surface area (Å²) < 4.78 is 1.76. The predicted octanol–water partition coefficient (Wildman–Crippen LogP) is 2.20. The molecule has 0 unspecified atom stereocenters. The fourth-order valence-electron chi connectivity index (χ4n) is 2.22. The molecule has 0 aliphatic heterocycles. The summed E-state index contributed by atoms with van der Waals surface area (Å²) in [6.45, 7) is 0.570. The summed E-state index contributed by atoms with van der Waals surface area (Å²) in [5.74, 6) is -0.604. The average Bonchev–Trinajstić information content (AvgIpc) is 2.87. The first-order chi connectivity index (χ1) is 9.79. The standard InChI is InChI=1S/C15H13N3O2/c19-15(17-20)14-12-8-4-5-9-13(12)18(16-14)10-11-6-2-1-3-7-11/h1-9,20H,10H2,(H,17,19). The first-order valence-corrected chi connectivity index (χ1v) is 6.23. The molecule has 0 bridgehead atoms. The Morgan fingerprint density at radius 1 is 1.10 bits per heavy atom. The molecular weight excluding hydrogens is 254 g/mol. The molecule has 0 aliphatic carbocycles. The molecule has 2 N–H and O–H groups in total. The van der Waals surface area contributed by atoms with E-state index in [-0.39, 0.29) is 5.69 Å². The highest BCUT2D eigenvalue weighted by atomic mass is 16.5. The van der Waals surface area contributed by atoms with Crippen LogP contribution in [0.1, 0.15) is 16.1 Å². The van der Waals surface area contributed by atoms with Crippen molar-refractivity contribution in [2.75, 3.05) is 0 Å². The molecule has 5 nitrogen and oxygen atoms in total. The number of nitrogens with zero attached hydrogens (tertiary/aromatic N) is 2. The zero-order valence-corrected chi connectivity index (χ0v) is 10.7. The third-order valence-corrected chi connectivity index (χ3v) is 3.15. The van der Waals surface area contributed by atoms with E-state index in [1.54, 1.807) is 10.2 Å². The van der Waals surface area contributed by atoms with E-state index >= 15 is 0 Å². The number of hydrogen-bond acceptors (Lipinski definition) is 3. The Morgan fingerprint density at radius 3 is 2.55 bits per heavy atom. The van der Waals surface area contributed by atoms with Gasteiger partial charge in [0.15, 0.2) is 5.69 Å². The molecule has 0 spiro atoms. The first-order valence-electron chi connectivity index (χ1n) is 6.23. The third kappa shape index (κ3) is 2.15. The summed E-state index contributed by atoms with van der Waals surface area (Å²) in [6.07, 6.45) is 0. The van der Waals surface area contributed by atoms with Gasteiger partial charge in [0.2, 0.25) is 0 Å². The minimum atomic E-state index is -0.604. The second kappa shape index (κ2) is 5.14. The lowest BCUT2D eigenvalue weighted by Crippen LogP contribution is -2.19. The zero-order valence-electron chi connectivity index (χ0n) is 10.7. The molecule has 20 heavy (non-hydrogen) atoms. The van der Waals surface area contributed by atoms with E-state index in [2.05, 4.69) is 5.10 Å². The number of carbonyl (C=O) groups excluding carboxylic acids is 1. The predicted molar refractivity (Wildman–Crippen MR) is 74.5 cm³/mol. The Labute approximate surface area is 115 Å². The van der Waals surface area contributed by atoms with Gasteiger partial charge in [-0.15, -0.1) is 0 Å². The van der Waals surface area contributed by atoms with Crippen molar-refractivity contribution in [3.8, 4) is 0 Å². The number of amides is 1. The topological polar surface area (TPSA) is 67.2 Å². The Morgan fingerprint density at radius 2 is 1.80 bits per heavy atom. The van der Waals surface area contributed by atoms with Gasteiger partial charge in [-0.1, -0.05) is 48.5 Å². The van der Waals surface area contributed by atoms with E-state index < -0.39 is 5.91 Å². The molecule has 1 aromatic heterocycles.